The number of aryl methyl sites for hydroxylation is 1. The van der Waals surface area contributed by atoms with Gasteiger partial charge in [-0.1, -0.05) is 22.5 Å². The Labute approximate surface area is 111 Å². The van der Waals surface area contributed by atoms with E-state index in [-0.39, 0.29) is 5.56 Å². The number of fused-ring (bicyclic) bond motifs is 1. The second-order valence-electron chi connectivity index (χ2n) is 3.73. The standard InChI is InChI=1S/C11H11BrN4O2/c1-6(12)3-13-9-7-5-15-16(2)10(7)14-4-8(9)11(17)18/h4-5H,1,3H2,2H3,(H,13,14)(H,17,18). The Morgan fingerprint density at radius 1 is 1.61 bits per heavy atom. The van der Waals surface area contributed by atoms with Crippen molar-refractivity contribution in [3.8, 4) is 0 Å². The monoisotopic (exact) mass is 310 g/mol. The van der Waals surface area contributed by atoms with Crippen molar-refractivity contribution in [2.45, 2.75) is 0 Å². The number of pyridine rings is 1. The summed E-state index contributed by atoms with van der Waals surface area (Å²) in [6.07, 6.45) is 2.92. The van der Waals surface area contributed by atoms with Crippen LogP contribution in [0.15, 0.2) is 23.5 Å². The molecule has 0 bridgehead atoms. The number of halogens is 1. The van der Waals surface area contributed by atoms with Crippen molar-refractivity contribution in [1.29, 1.82) is 0 Å². The fraction of sp³-hybridized carbons (Fsp3) is 0.182. The van der Waals surface area contributed by atoms with Gasteiger partial charge in [-0.15, -0.1) is 0 Å². The van der Waals surface area contributed by atoms with E-state index in [1.165, 1.54) is 6.20 Å². The normalized spacial score (nSPS) is 10.6. The highest BCUT2D eigenvalue weighted by molar-refractivity contribution is 9.11. The summed E-state index contributed by atoms with van der Waals surface area (Å²) in [6.45, 7) is 4.13. The smallest absolute Gasteiger partial charge is 0.339 e. The van der Waals surface area contributed by atoms with Gasteiger partial charge in [-0.25, -0.2) is 9.78 Å². The number of aromatic carboxylic acids is 1. The fourth-order valence-electron chi connectivity index (χ4n) is 1.63. The van der Waals surface area contributed by atoms with Crippen LogP contribution < -0.4 is 5.32 Å². The Balaban J connectivity index is 2.59. The lowest BCUT2D eigenvalue weighted by Gasteiger charge is -2.09. The van der Waals surface area contributed by atoms with Crippen molar-refractivity contribution >= 4 is 38.6 Å². The van der Waals surface area contributed by atoms with Crippen LogP contribution in [-0.4, -0.2) is 32.4 Å². The molecule has 0 amide bonds. The average Bonchev–Trinajstić information content (AvgIpc) is 2.68. The minimum atomic E-state index is -1.03. The van der Waals surface area contributed by atoms with Crippen molar-refractivity contribution in [2.24, 2.45) is 7.05 Å². The molecule has 6 nitrogen and oxygen atoms in total. The molecule has 2 rings (SSSR count). The van der Waals surface area contributed by atoms with E-state index in [1.54, 1.807) is 17.9 Å². The highest BCUT2D eigenvalue weighted by Gasteiger charge is 2.16. The lowest BCUT2D eigenvalue weighted by Crippen LogP contribution is -2.09. The first-order valence-electron chi connectivity index (χ1n) is 5.12. The third-order valence-corrected chi connectivity index (χ3v) is 2.73. The molecule has 0 aliphatic rings. The Morgan fingerprint density at radius 3 is 2.94 bits per heavy atom. The van der Waals surface area contributed by atoms with E-state index in [2.05, 4.69) is 37.9 Å². The minimum Gasteiger partial charge on any atom is -0.478 e. The van der Waals surface area contributed by atoms with E-state index < -0.39 is 5.97 Å². The second kappa shape index (κ2) is 4.77. The van der Waals surface area contributed by atoms with Crippen LogP contribution in [0.1, 0.15) is 10.4 Å². The van der Waals surface area contributed by atoms with Gasteiger partial charge in [0.15, 0.2) is 5.65 Å². The van der Waals surface area contributed by atoms with Crippen molar-refractivity contribution in [2.75, 3.05) is 11.9 Å². The molecule has 0 atom stereocenters. The summed E-state index contributed by atoms with van der Waals surface area (Å²) in [6, 6.07) is 0. The molecule has 0 radical (unpaired) electrons. The van der Waals surface area contributed by atoms with Crippen LogP contribution in [0, 0.1) is 0 Å². The van der Waals surface area contributed by atoms with Gasteiger partial charge in [0, 0.05) is 24.3 Å². The Morgan fingerprint density at radius 2 is 2.33 bits per heavy atom. The predicted octanol–water partition coefficient (Wildman–Crippen LogP) is 1.99. The largest absolute Gasteiger partial charge is 0.478 e. The van der Waals surface area contributed by atoms with Crippen LogP contribution >= 0.6 is 15.9 Å². The lowest BCUT2D eigenvalue weighted by molar-refractivity contribution is 0.0697. The Kier molecular flexibility index (Phi) is 3.33. The molecular formula is C11H11BrN4O2. The van der Waals surface area contributed by atoms with E-state index in [9.17, 15) is 4.79 Å². The molecule has 2 aromatic heterocycles. The molecular weight excluding hydrogens is 300 g/mol. The topological polar surface area (TPSA) is 80.0 Å². The third kappa shape index (κ3) is 2.21. The molecule has 2 N–H and O–H groups in total. The average molecular weight is 311 g/mol. The number of aromatic nitrogens is 3. The third-order valence-electron chi connectivity index (χ3n) is 2.45. The summed E-state index contributed by atoms with van der Waals surface area (Å²) >= 11 is 3.22. The summed E-state index contributed by atoms with van der Waals surface area (Å²) < 4.78 is 2.32. The van der Waals surface area contributed by atoms with Crippen molar-refractivity contribution in [1.82, 2.24) is 14.8 Å². The Hall–Kier alpha value is -1.89. The number of anilines is 1. The Bertz CT molecular complexity index is 635. The van der Waals surface area contributed by atoms with E-state index in [1.807, 2.05) is 0 Å². The molecule has 94 valence electrons. The first-order chi connectivity index (χ1) is 8.50. The molecule has 0 spiro atoms. The summed E-state index contributed by atoms with van der Waals surface area (Å²) in [5, 5.41) is 16.9. The molecule has 0 unspecified atom stereocenters. The van der Waals surface area contributed by atoms with Gasteiger partial charge in [-0.2, -0.15) is 5.10 Å². The lowest BCUT2D eigenvalue weighted by atomic mass is 10.2. The van der Waals surface area contributed by atoms with Gasteiger partial charge in [0.2, 0.25) is 0 Å². The first kappa shape index (κ1) is 12.6. The van der Waals surface area contributed by atoms with Gasteiger partial charge in [0.25, 0.3) is 0 Å². The fourth-order valence-corrected chi connectivity index (χ4v) is 1.77. The minimum absolute atomic E-state index is 0.115. The van der Waals surface area contributed by atoms with Crippen molar-refractivity contribution in [3.05, 3.63) is 29.0 Å². The maximum atomic E-state index is 11.2. The van der Waals surface area contributed by atoms with Crippen LogP contribution in [0.5, 0.6) is 0 Å². The van der Waals surface area contributed by atoms with Gasteiger partial charge in [-0.05, 0) is 0 Å². The number of hydrogen-bond donors (Lipinski definition) is 2. The maximum Gasteiger partial charge on any atom is 0.339 e. The number of nitrogens with one attached hydrogen (secondary N) is 1. The molecule has 2 aromatic rings. The number of carbonyl (C=O) groups is 1. The zero-order valence-corrected chi connectivity index (χ0v) is 11.2. The van der Waals surface area contributed by atoms with Gasteiger partial charge < -0.3 is 10.4 Å². The molecule has 18 heavy (non-hydrogen) atoms. The molecule has 7 heteroatoms. The second-order valence-corrected chi connectivity index (χ2v) is 4.85. The van der Waals surface area contributed by atoms with Crippen LogP contribution in [-0.2, 0) is 7.05 Å². The number of rotatable bonds is 4. The van der Waals surface area contributed by atoms with Gasteiger partial charge in [-0.3, -0.25) is 4.68 Å². The molecule has 0 fully saturated rings. The van der Waals surface area contributed by atoms with E-state index >= 15 is 0 Å². The van der Waals surface area contributed by atoms with Crippen molar-refractivity contribution < 1.29 is 9.90 Å². The van der Waals surface area contributed by atoms with Crippen LogP contribution in [0.25, 0.3) is 11.0 Å². The zero-order valence-electron chi connectivity index (χ0n) is 9.64. The first-order valence-corrected chi connectivity index (χ1v) is 5.91. The van der Waals surface area contributed by atoms with Gasteiger partial charge in [0.05, 0.1) is 17.3 Å². The molecule has 0 aliphatic heterocycles. The van der Waals surface area contributed by atoms with Crippen LogP contribution in [0.2, 0.25) is 0 Å². The van der Waals surface area contributed by atoms with Crippen molar-refractivity contribution in [3.63, 3.8) is 0 Å². The molecule has 0 aromatic carbocycles. The summed E-state index contributed by atoms with van der Waals surface area (Å²) in [5.41, 5.74) is 1.24. The number of carboxylic acid groups (broad SMARTS) is 1. The van der Waals surface area contributed by atoms with E-state index in [0.29, 0.717) is 23.3 Å². The van der Waals surface area contributed by atoms with E-state index in [0.717, 1.165) is 4.48 Å². The molecule has 2 heterocycles. The van der Waals surface area contributed by atoms with Crippen LogP contribution in [0.4, 0.5) is 5.69 Å². The molecule has 0 aliphatic carbocycles. The number of hydrogen-bond acceptors (Lipinski definition) is 4. The highest BCUT2D eigenvalue weighted by atomic mass is 79.9. The number of nitrogens with zero attached hydrogens (tertiary/aromatic N) is 3. The molecule has 0 saturated carbocycles. The SMILES string of the molecule is C=C(Br)CNc1c(C(=O)O)cnc2c1cnn2C. The van der Waals surface area contributed by atoms with Crippen LogP contribution in [0.3, 0.4) is 0 Å². The quantitative estimate of drug-likeness (QED) is 0.902. The van der Waals surface area contributed by atoms with Gasteiger partial charge in [0.1, 0.15) is 5.56 Å². The molecule has 0 saturated heterocycles. The van der Waals surface area contributed by atoms with E-state index in [4.69, 9.17) is 5.11 Å². The summed E-state index contributed by atoms with van der Waals surface area (Å²) in [4.78, 5) is 15.3. The highest BCUT2D eigenvalue weighted by Crippen LogP contribution is 2.26. The maximum absolute atomic E-state index is 11.2. The number of carboxylic acids is 1. The summed E-state index contributed by atoms with van der Waals surface area (Å²) in [7, 11) is 1.75. The zero-order chi connectivity index (χ0) is 13.3. The van der Waals surface area contributed by atoms with Gasteiger partial charge >= 0.3 is 5.97 Å². The summed E-state index contributed by atoms with van der Waals surface area (Å²) in [5.74, 6) is -1.03. The predicted molar refractivity (Wildman–Crippen MR) is 72.0 cm³/mol.